The molecule has 1 rings (SSSR count). The van der Waals surface area contributed by atoms with E-state index in [4.69, 9.17) is 4.74 Å². The van der Waals surface area contributed by atoms with Gasteiger partial charge in [0.1, 0.15) is 11.9 Å². The van der Waals surface area contributed by atoms with E-state index in [0.717, 1.165) is 32.0 Å². The maximum absolute atomic E-state index is 12.6. The fourth-order valence-electron chi connectivity index (χ4n) is 2.85. The summed E-state index contributed by atoms with van der Waals surface area (Å²) in [5.74, 6) is 0. The highest BCUT2D eigenvalue weighted by Gasteiger charge is 2.39. The van der Waals surface area contributed by atoms with Crippen LogP contribution in [0.4, 0.5) is 4.79 Å². The number of carbonyl (C=O) groups is 2. The summed E-state index contributed by atoms with van der Waals surface area (Å²) in [5.41, 5.74) is -0.842. The predicted molar refractivity (Wildman–Crippen MR) is 84.3 cm³/mol. The number of aldehydes is 1. The number of ether oxygens (including phenoxy) is 1. The van der Waals surface area contributed by atoms with E-state index in [-0.39, 0.29) is 17.6 Å². The van der Waals surface area contributed by atoms with Gasteiger partial charge >= 0.3 is 6.09 Å². The van der Waals surface area contributed by atoms with Gasteiger partial charge in [-0.1, -0.05) is 40.0 Å². The zero-order valence-corrected chi connectivity index (χ0v) is 14.4. The van der Waals surface area contributed by atoms with Crippen LogP contribution in [0.2, 0.25) is 0 Å². The third-order valence-corrected chi connectivity index (χ3v) is 3.89. The molecule has 1 saturated carbocycles. The number of carbonyl (C=O) groups excluding carboxylic acids is 2. The summed E-state index contributed by atoms with van der Waals surface area (Å²) in [4.78, 5) is 26.0. The molecule has 1 aliphatic carbocycles. The zero-order valence-electron chi connectivity index (χ0n) is 14.4. The van der Waals surface area contributed by atoms with Crippen molar-refractivity contribution < 1.29 is 14.3 Å². The van der Waals surface area contributed by atoms with E-state index >= 15 is 0 Å². The van der Waals surface area contributed by atoms with Gasteiger partial charge in [0, 0.05) is 6.04 Å². The maximum Gasteiger partial charge on any atom is 0.411 e. The fraction of sp³-hybridized carbons (Fsp3) is 0.882. The topological polar surface area (TPSA) is 46.6 Å². The molecule has 1 amide bonds. The zero-order chi connectivity index (χ0) is 16.3. The van der Waals surface area contributed by atoms with Gasteiger partial charge in [-0.05, 0) is 39.0 Å². The first-order valence-electron chi connectivity index (χ1n) is 8.03. The van der Waals surface area contributed by atoms with Crippen molar-refractivity contribution in [1.29, 1.82) is 0 Å². The van der Waals surface area contributed by atoms with Crippen molar-refractivity contribution in [3.63, 3.8) is 0 Å². The summed E-state index contributed by atoms with van der Waals surface area (Å²) in [5, 5.41) is 0. The van der Waals surface area contributed by atoms with Crippen LogP contribution >= 0.6 is 0 Å². The molecule has 0 aromatic heterocycles. The molecule has 0 heterocycles. The Morgan fingerprint density at radius 3 is 2.00 bits per heavy atom. The third-order valence-electron chi connectivity index (χ3n) is 3.89. The molecule has 1 aliphatic rings. The van der Waals surface area contributed by atoms with Gasteiger partial charge in [0.15, 0.2) is 0 Å². The summed E-state index contributed by atoms with van der Waals surface area (Å²) in [7, 11) is 0. The van der Waals surface area contributed by atoms with Crippen molar-refractivity contribution in [2.75, 3.05) is 0 Å². The Bertz CT molecular complexity index is 359. The predicted octanol–water partition coefficient (Wildman–Crippen LogP) is 4.17. The summed E-state index contributed by atoms with van der Waals surface area (Å²) >= 11 is 0. The molecule has 0 spiro atoms. The molecule has 0 radical (unpaired) electrons. The van der Waals surface area contributed by atoms with E-state index in [1.165, 1.54) is 6.42 Å². The van der Waals surface area contributed by atoms with Crippen molar-refractivity contribution >= 4 is 12.4 Å². The number of nitrogens with zero attached hydrogens (tertiary/aromatic N) is 1. The van der Waals surface area contributed by atoms with E-state index in [0.29, 0.717) is 0 Å². The van der Waals surface area contributed by atoms with Crippen molar-refractivity contribution in [2.24, 2.45) is 5.41 Å². The average molecular weight is 297 g/mol. The molecular formula is C17H31NO3. The monoisotopic (exact) mass is 297 g/mol. The molecule has 1 fully saturated rings. The minimum atomic E-state index is -0.546. The highest BCUT2D eigenvalue weighted by Crippen LogP contribution is 2.31. The molecule has 1 atom stereocenters. The summed E-state index contributed by atoms with van der Waals surface area (Å²) in [6.45, 7) is 11.6. The smallest absolute Gasteiger partial charge is 0.411 e. The maximum atomic E-state index is 12.6. The lowest BCUT2D eigenvalue weighted by molar-refractivity contribution is -0.117. The second-order valence-corrected chi connectivity index (χ2v) is 8.13. The highest BCUT2D eigenvalue weighted by molar-refractivity contribution is 5.74. The number of rotatable bonds is 3. The van der Waals surface area contributed by atoms with Crippen molar-refractivity contribution in [3.8, 4) is 0 Å². The van der Waals surface area contributed by atoms with Crippen LogP contribution < -0.4 is 0 Å². The molecule has 122 valence electrons. The standard InChI is InChI=1S/C17H31NO3/c1-16(2,3)14(12-19)18(13-10-8-7-9-11-13)15(20)21-17(4,5)6/h12-14H,7-11H2,1-6H3. The average Bonchev–Trinajstić information content (AvgIpc) is 2.32. The van der Waals surface area contributed by atoms with Crippen molar-refractivity contribution in [3.05, 3.63) is 0 Å². The van der Waals surface area contributed by atoms with Gasteiger partial charge in [-0.2, -0.15) is 0 Å². The quantitative estimate of drug-likeness (QED) is 0.734. The first kappa shape index (κ1) is 18.0. The molecular weight excluding hydrogens is 266 g/mol. The van der Waals surface area contributed by atoms with Crippen LogP contribution in [0.25, 0.3) is 0 Å². The second-order valence-electron chi connectivity index (χ2n) is 8.13. The molecule has 1 unspecified atom stereocenters. The molecule has 0 aliphatic heterocycles. The first-order chi connectivity index (χ1) is 9.56. The van der Waals surface area contributed by atoms with Gasteiger partial charge in [0.25, 0.3) is 0 Å². The SMILES string of the molecule is CC(C)(C)OC(=O)N(C1CCCCC1)C(C=O)C(C)(C)C. The van der Waals surface area contributed by atoms with Gasteiger partial charge in [0.05, 0.1) is 6.04 Å². The molecule has 0 bridgehead atoms. The Labute approximate surface area is 129 Å². The molecule has 0 N–H and O–H groups in total. The normalized spacial score (nSPS) is 19.0. The lowest BCUT2D eigenvalue weighted by Gasteiger charge is -2.43. The van der Waals surface area contributed by atoms with Crippen LogP contribution in [0.1, 0.15) is 73.6 Å². The van der Waals surface area contributed by atoms with E-state index in [9.17, 15) is 9.59 Å². The van der Waals surface area contributed by atoms with Gasteiger partial charge in [0.2, 0.25) is 0 Å². The third kappa shape index (κ3) is 5.33. The number of amides is 1. The minimum absolute atomic E-state index is 0.114. The Morgan fingerprint density at radius 1 is 1.10 bits per heavy atom. The summed E-state index contributed by atoms with van der Waals surface area (Å²) in [6.07, 6.45) is 5.89. The van der Waals surface area contributed by atoms with Gasteiger partial charge in [-0.25, -0.2) is 4.79 Å². The molecule has 4 nitrogen and oxygen atoms in total. The molecule has 0 saturated heterocycles. The number of hydrogen-bond donors (Lipinski definition) is 0. The number of hydrogen-bond acceptors (Lipinski definition) is 3. The lowest BCUT2D eigenvalue weighted by atomic mass is 9.84. The Hall–Kier alpha value is -1.06. The molecule has 21 heavy (non-hydrogen) atoms. The molecule has 0 aromatic rings. The largest absolute Gasteiger partial charge is 0.444 e. The Morgan fingerprint density at radius 2 is 1.62 bits per heavy atom. The highest BCUT2D eigenvalue weighted by atomic mass is 16.6. The van der Waals surface area contributed by atoms with Gasteiger partial charge < -0.3 is 9.53 Å². The lowest BCUT2D eigenvalue weighted by Crippen LogP contribution is -2.55. The Balaban J connectivity index is 3.03. The molecule has 4 heteroatoms. The van der Waals surface area contributed by atoms with Crippen molar-refractivity contribution in [2.45, 2.75) is 91.3 Å². The fourth-order valence-corrected chi connectivity index (χ4v) is 2.85. The van der Waals surface area contributed by atoms with Crippen LogP contribution in [-0.4, -0.2) is 35.0 Å². The van der Waals surface area contributed by atoms with Crippen LogP contribution in [-0.2, 0) is 9.53 Å². The van der Waals surface area contributed by atoms with Crippen molar-refractivity contribution in [1.82, 2.24) is 4.90 Å². The minimum Gasteiger partial charge on any atom is -0.444 e. The van der Waals surface area contributed by atoms with Crippen LogP contribution in [0.5, 0.6) is 0 Å². The van der Waals surface area contributed by atoms with E-state index in [1.54, 1.807) is 4.90 Å². The van der Waals surface area contributed by atoms with Crippen LogP contribution in [0, 0.1) is 5.41 Å². The van der Waals surface area contributed by atoms with E-state index < -0.39 is 11.6 Å². The van der Waals surface area contributed by atoms with Gasteiger partial charge in [-0.15, -0.1) is 0 Å². The first-order valence-corrected chi connectivity index (χ1v) is 8.03. The second kappa shape index (κ2) is 6.80. The summed E-state index contributed by atoms with van der Waals surface area (Å²) < 4.78 is 5.56. The van der Waals surface area contributed by atoms with E-state index in [1.807, 2.05) is 41.5 Å². The van der Waals surface area contributed by atoms with Crippen LogP contribution in [0.3, 0.4) is 0 Å². The molecule has 0 aromatic carbocycles. The van der Waals surface area contributed by atoms with E-state index in [2.05, 4.69) is 0 Å². The van der Waals surface area contributed by atoms with Gasteiger partial charge in [-0.3, -0.25) is 4.90 Å². The Kier molecular flexibility index (Phi) is 5.83. The van der Waals surface area contributed by atoms with Crippen LogP contribution in [0.15, 0.2) is 0 Å². The summed E-state index contributed by atoms with van der Waals surface area (Å²) in [6, 6.07) is -0.335.